The van der Waals surface area contributed by atoms with Crippen LogP contribution < -0.4 is 11.4 Å². The van der Waals surface area contributed by atoms with E-state index in [0.29, 0.717) is 0 Å². The standard InChI is InChI=1S/C10H15ClN3O13P3/c1-9(11)7(14-3-2-4(12)13-8(14)15)24-5-6(10(5,9)16)25-29(20,21)27-30(22,23)26-28(17,18)19/h2-3,5-7,16H,1H3,(H,20,21)(H,22,23)(H2,12,13,15)(H2,17,18,19)/t5-,6?,7-,9+,10+/m1/s1. The van der Waals surface area contributed by atoms with Gasteiger partial charge in [-0.3, -0.25) is 9.09 Å². The molecule has 1 aromatic heterocycles. The fourth-order valence-corrected chi connectivity index (χ4v) is 6.61. The van der Waals surface area contributed by atoms with E-state index in [2.05, 4.69) is 18.1 Å². The summed E-state index contributed by atoms with van der Waals surface area (Å²) in [6, 6.07) is 1.26. The third kappa shape index (κ3) is 4.30. The second-order valence-electron chi connectivity index (χ2n) is 6.47. The lowest BCUT2D eigenvalue weighted by Gasteiger charge is -2.32. The Morgan fingerprint density at radius 3 is 2.30 bits per heavy atom. The molecule has 1 aliphatic heterocycles. The van der Waals surface area contributed by atoms with E-state index in [4.69, 9.17) is 36.8 Å². The molecule has 0 aromatic carbocycles. The molecule has 1 saturated heterocycles. The lowest BCUT2D eigenvalue weighted by Crippen LogP contribution is -2.46. The number of aliphatic hydroxyl groups is 1. The van der Waals surface area contributed by atoms with Crippen LogP contribution in [0.4, 0.5) is 5.82 Å². The average molecular weight is 514 g/mol. The number of rotatable bonds is 7. The zero-order valence-electron chi connectivity index (χ0n) is 14.6. The summed E-state index contributed by atoms with van der Waals surface area (Å²) in [5, 5.41) is 10.8. The fourth-order valence-electron chi connectivity index (χ4n) is 3.02. The van der Waals surface area contributed by atoms with E-state index in [0.717, 1.165) is 4.57 Å². The molecule has 3 unspecified atom stereocenters. The van der Waals surface area contributed by atoms with Crippen molar-refractivity contribution in [3.05, 3.63) is 22.7 Å². The number of nitrogen functional groups attached to an aromatic ring is 1. The minimum absolute atomic E-state index is 0.0834. The van der Waals surface area contributed by atoms with Crippen molar-refractivity contribution >= 4 is 40.9 Å². The molecule has 0 radical (unpaired) electrons. The van der Waals surface area contributed by atoms with E-state index in [1.54, 1.807) is 0 Å². The smallest absolute Gasteiger partial charge is 0.383 e. The number of phosphoric acid groups is 3. The van der Waals surface area contributed by atoms with E-state index in [1.807, 2.05) is 0 Å². The topological polar surface area (TPSA) is 250 Å². The van der Waals surface area contributed by atoms with Gasteiger partial charge in [-0.2, -0.15) is 13.6 Å². The maximum Gasteiger partial charge on any atom is 0.490 e. The highest BCUT2D eigenvalue weighted by atomic mass is 35.5. The number of nitrogens with zero attached hydrogens (tertiary/aromatic N) is 2. The highest BCUT2D eigenvalue weighted by Gasteiger charge is 2.84. The van der Waals surface area contributed by atoms with Gasteiger partial charge in [-0.15, -0.1) is 11.6 Å². The van der Waals surface area contributed by atoms with Crippen LogP contribution in [0.25, 0.3) is 0 Å². The first-order valence-corrected chi connectivity index (χ1v) is 12.5. The monoisotopic (exact) mass is 513 g/mol. The molecule has 7 N–H and O–H groups in total. The molecule has 0 spiro atoms. The summed E-state index contributed by atoms with van der Waals surface area (Å²) >= 11 is 6.34. The predicted octanol–water partition coefficient (Wildman–Crippen LogP) is -0.823. The number of hydrogen-bond acceptors (Lipinski definition) is 11. The van der Waals surface area contributed by atoms with Gasteiger partial charge in [0.15, 0.2) is 6.23 Å². The number of anilines is 1. The maximum absolute atomic E-state index is 12.0. The molecule has 170 valence electrons. The van der Waals surface area contributed by atoms with Crippen LogP contribution in [0.3, 0.4) is 0 Å². The molecule has 2 fully saturated rings. The van der Waals surface area contributed by atoms with Gasteiger partial charge in [-0.25, -0.2) is 18.5 Å². The molecule has 2 aliphatic rings. The summed E-state index contributed by atoms with van der Waals surface area (Å²) in [6.07, 6.45) is -3.18. The van der Waals surface area contributed by atoms with Gasteiger partial charge in [-0.1, -0.05) is 0 Å². The number of hydrogen-bond donors (Lipinski definition) is 6. The fraction of sp³-hybridized carbons (Fsp3) is 0.600. The quantitative estimate of drug-likeness (QED) is 0.192. The van der Waals surface area contributed by atoms with E-state index in [-0.39, 0.29) is 5.82 Å². The van der Waals surface area contributed by atoms with Crippen LogP contribution in [-0.2, 0) is 31.6 Å². The van der Waals surface area contributed by atoms with Crippen LogP contribution in [0.1, 0.15) is 13.2 Å². The largest absolute Gasteiger partial charge is 0.490 e. The highest BCUT2D eigenvalue weighted by Crippen LogP contribution is 2.71. The molecule has 30 heavy (non-hydrogen) atoms. The Morgan fingerprint density at radius 2 is 1.83 bits per heavy atom. The number of alkyl halides is 1. The maximum atomic E-state index is 12.0. The molecule has 1 aromatic rings. The van der Waals surface area contributed by atoms with Crippen LogP contribution in [-0.4, -0.2) is 56.9 Å². The molecule has 3 rings (SSSR count). The SMILES string of the molecule is C[C@]1(Cl)[C@H](n2ccc(N)nc2=O)O[C@@H]2C(OP(=O)(O)OP(=O)(O)OP(=O)(O)O)[C@@]21O. The Kier molecular flexibility index (Phi) is 5.71. The highest BCUT2D eigenvalue weighted by molar-refractivity contribution is 7.66. The van der Waals surface area contributed by atoms with Gasteiger partial charge in [0.25, 0.3) is 0 Å². The minimum Gasteiger partial charge on any atom is -0.383 e. The lowest BCUT2D eigenvalue weighted by molar-refractivity contribution is -0.0360. The number of aromatic nitrogens is 2. The van der Waals surface area contributed by atoms with Gasteiger partial charge < -0.3 is 35.2 Å². The van der Waals surface area contributed by atoms with Crippen molar-refractivity contribution in [3.63, 3.8) is 0 Å². The van der Waals surface area contributed by atoms with E-state index >= 15 is 0 Å². The van der Waals surface area contributed by atoms with Crippen molar-refractivity contribution in [1.29, 1.82) is 0 Å². The first-order chi connectivity index (χ1) is 13.4. The van der Waals surface area contributed by atoms with Crippen LogP contribution in [0.5, 0.6) is 0 Å². The Bertz CT molecular complexity index is 1070. The van der Waals surface area contributed by atoms with Gasteiger partial charge in [0.2, 0.25) is 0 Å². The summed E-state index contributed by atoms with van der Waals surface area (Å²) in [7, 11) is -16.8. The van der Waals surface area contributed by atoms with Gasteiger partial charge in [0.05, 0.1) is 0 Å². The van der Waals surface area contributed by atoms with Crippen molar-refractivity contribution in [2.45, 2.75) is 35.8 Å². The first kappa shape index (κ1) is 24.0. The summed E-state index contributed by atoms with van der Waals surface area (Å²) in [5.74, 6) is -0.0834. The Morgan fingerprint density at radius 1 is 1.23 bits per heavy atom. The number of nitrogens with two attached hydrogens (primary N) is 1. The van der Waals surface area contributed by atoms with Crippen molar-refractivity contribution in [1.82, 2.24) is 9.55 Å². The molecule has 20 heteroatoms. The van der Waals surface area contributed by atoms with Crippen molar-refractivity contribution < 1.29 is 56.3 Å². The van der Waals surface area contributed by atoms with E-state index < -0.39 is 58.1 Å². The van der Waals surface area contributed by atoms with Crippen molar-refractivity contribution in [3.8, 4) is 0 Å². The first-order valence-electron chi connectivity index (χ1n) is 7.63. The minimum atomic E-state index is -5.74. The molecule has 1 saturated carbocycles. The van der Waals surface area contributed by atoms with E-state index in [9.17, 15) is 28.5 Å². The van der Waals surface area contributed by atoms with Crippen LogP contribution in [0.2, 0.25) is 0 Å². The lowest BCUT2D eigenvalue weighted by atomic mass is 10.0. The number of phosphoric ester groups is 1. The molecular formula is C10H15ClN3O13P3. The molecule has 16 nitrogen and oxygen atoms in total. The van der Waals surface area contributed by atoms with Crippen LogP contribution >= 0.6 is 35.1 Å². The Hall–Kier alpha value is -0.700. The molecule has 2 heterocycles. The zero-order chi connectivity index (χ0) is 22.9. The van der Waals surface area contributed by atoms with Crippen LogP contribution in [0, 0.1) is 0 Å². The van der Waals surface area contributed by atoms with Crippen molar-refractivity contribution in [2.24, 2.45) is 0 Å². The molecular weight excluding hydrogens is 498 g/mol. The molecule has 7 atom stereocenters. The normalized spacial score (nSPS) is 37.2. The van der Waals surface area contributed by atoms with Gasteiger partial charge in [-0.05, 0) is 13.0 Å². The second kappa shape index (κ2) is 7.15. The number of ether oxygens (including phenoxy) is 1. The van der Waals surface area contributed by atoms with Gasteiger partial charge in [0, 0.05) is 6.20 Å². The molecule has 1 aliphatic carbocycles. The summed E-state index contributed by atoms with van der Waals surface area (Å²) in [6.45, 7) is 1.22. The number of halogens is 1. The third-order valence-corrected chi connectivity index (χ3v) is 8.63. The summed E-state index contributed by atoms with van der Waals surface area (Å²) < 4.78 is 52.1. The van der Waals surface area contributed by atoms with Gasteiger partial charge >= 0.3 is 29.2 Å². The number of fused-ring (bicyclic) bond motifs is 1. The van der Waals surface area contributed by atoms with Gasteiger partial charge in [0.1, 0.15) is 28.5 Å². The molecule has 0 bridgehead atoms. The Balaban J connectivity index is 1.76. The van der Waals surface area contributed by atoms with Crippen molar-refractivity contribution in [2.75, 3.05) is 5.73 Å². The summed E-state index contributed by atoms with van der Waals surface area (Å²) in [5.41, 5.74) is 2.36. The second-order valence-corrected chi connectivity index (χ2v) is 11.6. The summed E-state index contributed by atoms with van der Waals surface area (Å²) in [4.78, 5) is 49.4. The predicted molar refractivity (Wildman–Crippen MR) is 94.8 cm³/mol. The van der Waals surface area contributed by atoms with E-state index in [1.165, 1.54) is 19.2 Å². The average Bonchev–Trinajstić information content (AvgIpc) is 2.97. The zero-order valence-corrected chi connectivity index (χ0v) is 18.0. The molecule has 0 amide bonds. The third-order valence-electron chi connectivity index (χ3n) is 4.32. The van der Waals surface area contributed by atoms with Crippen LogP contribution in [0.15, 0.2) is 17.1 Å². The Labute approximate surface area is 171 Å².